The van der Waals surface area contributed by atoms with Crippen LogP contribution in [0.2, 0.25) is 5.02 Å². The number of halogens is 4. The largest absolute Gasteiger partial charge is 0.421 e. The lowest BCUT2D eigenvalue weighted by molar-refractivity contribution is -0.137. The van der Waals surface area contributed by atoms with Crippen LogP contribution in [0.5, 0.6) is 0 Å². The molecule has 1 fully saturated rings. The van der Waals surface area contributed by atoms with E-state index < -0.39 is 11.7 Å². The number of para-hydroxylation sites is 1. The lowest BCUT2D eigenvalue weighted by atomic mass is 9.84. The molecule has 2 aromatic carbocycles. The number of benzene rings is 2. The molecular formula is C23H22ClF3N4. The van der Waals surface area contributed by atoms with E-state index in [-0.39, 0.29) is 11.8 Å². The molecule has 162 valence electrons. The first-order valence-corrected chi connectivity index (χ1v) is 10.6. The molecule has 0 spiro atoms. The van der Waals surface area contributed by atoms with Crippen molar-refractivity contribution < 1.29 is 13.2 Å². The molecule has 0 aliphatic heterocycles. The monoisotopic (exact) mass is 446 g/mol. The lowest BCUT2D eigenvalue weighted by Crippen LogP contribution is -2.12. The van der Waals surface area contributed by atoms with Gasteiger partial charge >= 0.3 is 6.18 Å². The van der Waals surface area contributed by atoms with Crippen molar-refractivity contribution in [2.24, 2.45) is 0 Å². The zero-order valence-corrected chi connectivity index (χ0v) is 17.5. The molecule has 4 rings (SSSR count). The van der Waals surface area contributed by atoms with Gasteiger partial charge in [0.1, 0.15) is 11.4 Å². The molecule has 4 nitrogen and oxygen atoms in total. The summed E-state index contributed by atoms with van der Waals surface area (Å²) in [7, 11) is 0. The Bertz CT molecular complexity index is 1030. The second kappa shape index (κ2) is 9.14. The van der Waals surface area contributed by atoms with E-state index in [4.69, 9.17) is 11.6 Å². The molecule has 2 N–H and O–H groups in total. The first kappa shape index (κ1) is 21.4. The molecule has 0 unspecified atom stereocenters. The van der Waals surface area contributed by atoms with Crippen molar-refractivity contribution in [3.05, 3.63) is 70.9 Å². The van der Waals surface area contributed by atoms with Crippen LogP contribution in [-0.2, 0) is 6.18 Å². The Morgan fingerprint density at radius 1 is 0.903 bits per heavy atom. The molecule has 1 aliphatic carbocycles. The minimum absolute atomic E-state index is 0.0629. The topological polar surface area (TPSA) is 49.8 Å². The van der Waals surface area contributed by atoms with Crippen molar-refractivity contribution >= 4 is 34.7 Å². The van der Waals surface area contributed by atoms with Crippen molar-refractivity contribution in [2.75, 3.05) is 10.6 Å². The van der Waals surface area contributed by atoms with Gasteiger partial charge in [-0.25, -0.2) is 4.98 Å². The third-order valence-corrected chi connectivity index (χ3v) is 5.79. The van der Waals surface area contributed by atoms with Gasteiger partial charge in [0, 0.05) is 11.9 Å². The zero-order valence-electron chi connectivity index (χ0n) is 16.7. The standard InChI is InChI=1S/C23H22ClF3N4/c24-19-8-4-5-9-20(19)30-21-18(23(25,26)27)14-28-22(31-21)29-17-12-10-16(11-13-17)15-6-2-1-3-7-15/h4-5,8-15H,1-3,6-7H2,(H2,28,29,30,31). The van der Waals surface area contributed by atoms with Gasteiger partial charge in [0.25, 0.3) is 0 Å². The van der Waals surface area contributed by atoms with Crippen molar-refractivity contribution in [3.63, 3.8) is 0 Å². The van der Waals surface area contributed by atoms with Crippen molar-refractivity contribution in [1.82, 2.24) is 9.97 Å². The Balaban J connectivity index is 1.56. The molecule has 0 atom stereocenters. The van der Waals surface area contributed by atoms with Crippen LogP contribution in [0.3, 0.4) is 0 Å². The SMILES string of the molecule is FC(F)(F)c1cnc(Nc2ccc(C3CCCCC3)cc2)nc1Nc1ccccc1Cl. The van der Waals surface area contributed by atoms with Crippen LogP contribution >= 0.6 is 11.6 Å². The van der Waals surface area contributed by atoms with E-state index in [9.17, 15) is 13.2 Å². The van der Waals surface area contributed by atoms with E-state index in [2.05, 4.69) is 32.7 Å². The van der Waals surface area contributed by atoms with Gasteiger partial charge in [0.05, 0.1) is 10.7 Å². The first-order valence-electron chi connectivity index (χ1n) is 10.2. The number of nitrogens with one attached hydrogen (secondary N) is 2. The van der Waals surface area contributed by atoms with Gasteiger partial charge in [-0.05, 0) is 48.6 Å². The summed E-state index contributed by atoms with van der Waals surface area (Å²) in [6, 6.07) is 14.5. The second-order valence-electron chi connectivity index (χ2n) is 7.64. The third-order valence-electron chi connectivity index (χ3n) is 5.46. The Morgan fingerprint density at radius 3 is 2.29 bits per heavy atom. The summed E-state index contributed by atoms with van der Waals surface area (Å²) < 4.78 is 40.4. The van der Waals surface area contributed by atoms with E-state index in [1.807, 2.05) is 12.1 Å². The summed E-state index contributed by atoms with van der Waals surface area (Å²) >= 11 is 6.09. The Hall–Kier alpha value is -2.80. The highest BCUT2D eigenvalue weighted by Gasteiger charge is 2.35. The van der Waals surface area contributed by atoms with Gasteiger partial charge in [-0.1, -0.05) is 55.1 Å². The molecule has 1 heterocycles. The fraction of sp³-hybridized carbons (Fsp3) is 0.304. The highest BCUT2D eigenvalue weighted by molar-refractivity contribution is 6.33. The summed E-state index contributed by atoms with van der Waals surface area (Å²) in [6.45, 7) is 0. The van der Waals surface area contributed by atoms with Crippen LogP contribution in [0.4, 0.5) is 36.3 Å². The van der Waals surface area contributed by atoms with Crippen molar-refractivity contribution in [3.8, 4) is 0 Å². The van der Waals surface area contributed by atoms with E-state index in [0.717, 1.165) is 6.20 Å². The van der Waals surface area contributed by atoms with Crippen LogP contribution in [-0.4, -0.2) is 9.97 Å². The Morgan fingerprint density at radius 2 is 1.61 bits per heavy atom. The Labute approximate surface area is 183 Å². The summed E-state index contributed by atoms with van der Waals surface area (Å²) in [4.78, 5) is 7.93. The number of nitrogens with zero attached hydrogens (tertiary/aromatic N) is 2. The van der Waals surface area contributed by atoms with Crippen molar-refractivity contribution in [1.29, 1.82) is 0 Å². The maximum atomic E-state index is 13.5. The lowest BCUT2D eigenvalue weighted by Gasteiger charge is -2.22. The zero-order chi connectivity index (χ0) is 21.8. The van der Waals surface area contributed by atoms with Gasteiger partial charge in [0.2, 0.25) is 5.95 Å². The summed E-state index contributed by atoms with van der Waals surface area (Å²) in [6.07, 6.45) is 2.37. The average Bonchev–Trinajstić information content (AvgIpc) is 2.76. The normalized spacial score (nSPS) is 15.0. The second-order valence-corrected chi connectivity index (χ2v) is 8.05. The number of alkyl halides is 3. The molecule has 3 aromatic rings. The van der Waals surface area contributed by atoms with Crippen LogP contribution < -0.4 is 10.6 Å². The number of rotatable bonds is 5. The molecule has 0 saturated heterocycles. The van der Waals surface area contributed by atoms with Crippen LogP contribution in [0.1, 0.15) is 49.1 Å². The van der Waals surface area contributed by atoms with E-state index in [1.54, 1.807) is 24.3 Å². The quantitative estimate of drug-likeness (QED) is 0.422. The maximum Gasteiger partial charge on any atom is 0.421 e. The van der Waals surface area contributed by atoms with Gasteiger partial charge in [-0.15, -0.1) is 0 Å². The molecule has 1 saturated carbocycles. The average molecular weight is 447 g/mol. The van der Waals surface area contributed by atoms with Gasteiger partial charge in [0.15, 0.2) is 0 Å². The predicted molar refractivity (Wildman–Crippen MR) is 117 cm³/mol. The van der Waals surface area contributed by atoms with Gasteiger partial charge in [-0.3, -0.25) is 0 Å². The Kier molecular flexibility index (Phi) is 6.32. The third kappa shape index (κ3) is 5.28. The molecule has 0 amide bonds. The van der Waals surface area contributed by atoms with E-state index in [0.29, 0.717) is 22.3 Å². The highest BCUT2D eigenvalue weighted by Crippen LogP contribution is 2.37. The number of hydrogen-bond acceptors (Lipinski definition) is 4. The fourth-order valence-electron chi connectivity index (χ4n) is 3.84. The number of aromatic nitrogens is 2. The number of anilines is 4. The van der Waals surface area contributed by atoms with Crippen LogP contribution in [0, 0.1) is 0 Å². The molecular weight excluding hydrogens is 425 g/mol. The minimum atomic E-state index is -4.61. The summed E-state index contributed by atoms with van der Waals surface area (Å²) in [5.74, 6) is 0.279. The summed E-state index contributed by atoms with van der Waals surface area (Å²) in [5.41, 5.74) is 1.37. The molecule has 0 bridgehead atoms. The van der Waals surface area contributed by atoms with Gasteiger partial charge < -0.3 is 10.6 Å². The van der Waals surface area contributed by atoms with Crippen LogP contribution in [0.25, 0.3) is 0 Å². The highest BCUT2D eigenvalue weighted by atomic mass is 35.5. The van der Waals surface area contributed by atoms with Gasteiger partial charge in [-0.2, -0.15) is 18.2 Å². The molecule has 31 heavy (non-hydrogen) atoms. The molecule has 8 heteroatoms. The molecule has 1 aliphatic rings. The van der Waals surface area contributed by atoms with Crippen LogP contribution in [0.15, 0.2) is 54.7 Å². The first-order chi connectivity index (χ1) is 14.9. The van der Waals surface area contributed by atoms with Crippen molar-refractivity contribution in [2.45, 2.75) is 44.2 Å². The molecule has 1 aromatic heterocycles. The van der Waals surface area contributed by atoms with E-state index >= 15 is 0 Å². The summed E-state index contributed by atoms with van der Waals surface area (Å²) in [5, 5.41) is 5.97. The molecule has 0 radical (unpaired) electrons. The smallest absolute Gasteiger partial charge is 0.338 e. The fourth-order valence-corrected chi connectivity index (χ4v) is 4.02. The maximum absolute atomic E-state index is 13.5. The minimum Gasteiger partial charge on any atom is -0.338 e. The predicted octanol–water partition coefficient (Wildman–Crippen LogP) is 7.68. The number of hydrogen-bond donors (Lipinski definition) is 2. The van der Waals surface area contributed by atoms with E-state index in [1.165, 1.54) is 37.7 Å².